The monoisotopic (exact) mass is 261 g/mol. The van der Waals surface area contributed by atoms with Crippen LogP contribution in [-0.4, -0.2) is 19.3 Å². The number of hydrogen-bond acceptors (Lipinski definition) is 2. The standard InChI is InChI=1S/C12H11F4NO/c13-10-3-4-11(9(8-10)2-1-6-17)18-7-5-12(14,15)16/h3-4,8H,5-7,17H2. The van der Waals surface area contributed by atoms with E-state index in [1.54, 1.807) is 0 Å². The zero-order valence-electron chi connectivity index (χ0n) is 9.35. The minimum atomic E-state index is -4.29. The Bertz CT molecular complexity index is 459. The predicted molar refractivity (Wildman–Crippen MR) is 58.5 cm³/mol. The molecule has 0 aliphatic rings. The molecule has 0 saturated carbocycles. The third kappa shape index (κ3) is 5.06. The maximum Gasteiger partial charge on any atom is 0.392 e. The molecule has 0 radical (unpaired) electrons. The van der Waals surface area contributed by atoms with Crippen LogP contribution in [0.15, 0.2) is 18.2 Å². The number of benzene rings is 1. The Hall–Kier alpha value is -1.74. The number of rotatable bonds is 3. The Morgan fingerprint density at radius 2 is 2.00 bits per heavy atom. The van der Waals surface area contributed by atoms with Gasteiger partial charge in [0.15, 0.2) is 0 Å². The third-order valence-corrected chi connectivity index (χ3v) is 1.91. The van der Waals surface area contributed by atoms with Gasteiger partial charge in [-0.1, -0.05) is 11.8 Å². The molecule has 1 rings (SSSR count). The van der Waals surface area contributed by atoms with E-state index >= 15 is 0 Å². The van der Waals surface area contributed by atoms with Crippen molar-refractivity contribution in [2.75, 3.05) is 13.2 Å². The molecule has 0 atom stereocenters. The Balaban J connectivity index is 2.75. The summed E-state index contributed by atoms with van der Waals surface area (Å²) in [7, 11) is 0. The smallest absolute Gasteiger partial charge is 0.392 e. The van der Waals surface area contributed by atoms with Crippen molar-refractivity contribution in [3.05, 3.63) is 29.6 Å². The minimum absolute atomic E-state index is 0.0680. The molecular weight excluding hydrogens is 250 g/mol. The van der Waals surface area contributed by atoms with Crippen LogP contribution >= 0.6 is 0 Å². The first-order chi connectivity index (χ1) is 8.42. The van der Waals surface area contributed by atoms with E-state index in [1.165, 1.54) is 6.07 Å². The molecule has 0 bridgehead atoms. The topological polar surface area (TPSA) is 35.2 Å². The average Bonchev–Trinajstić information content (AvgIpc) is 2.27. The molecule has 0 fully saturated rings. The highest BCUT2D eigenvalue weighted by Gasteiger charge is 2.26. The highest BCUT2D eigenvalue weighted by Crippen LogP contribution is 2.22. The van der Waals surface area contributed by atoms with Crippen LogP contribution in [0.4, 0.5) is 17.6 Å². The van der Waals surface area contributed by atoms with Crippen LogP contribution in [-0.2, 0) is 0 Å². The van der Waals surface area contributed by atoms with Crippen molar-refractivity contribution in [3.63, 3.8) is 0 Å². The molecule has 6 heteroatoms. The van der Waals surface area contributed by atoms with Crippen LogP contribution in [0.2, 0.25) is 0 Å². The summed E-state index contributed by atoms with van der Waals surface area (Å²) in [5.41, 5.74) is 5.35. The predicted octanol–water partition coefficient (Wildman–Crippen LogP) is 2.47. The molecule has 0 spiro atoms. The van der Waals surface area contributed by atoms with Gasteiger partial charge in [0.25, 0.3) is 0 Å². The van der Waals surface area contributed by atoms with E-state index in [4.69, 9.17) is 10.5 Å². The summed E-state index contributed by atoms with van der Waals surface area (Å²) in [5.74, 6) is 4.60. The van der Waals surface area contributed by atoms with Gasteiger partial charge >= 0.3 is 6.18 Å². The van der Waals surface area contributed by atoms with E-state index in [0.29, 0.717) is 0 Å². The molecule has 0 unspecified atom stereocenters. The molecule has 0 aliphatic heterocycles. The number of hydrogen-bond donors (Lipinski definition) is 1. The first kappa shape index (κ1) is 14.3. The second-order valence-electron chi connectivity index (χ2n) is 3.36. The summed E-state index contributed by atoms with van der Waals surface area (Å²) in [6.07, 6.45) is -5.36. The van der Waals surface area contributed by atoms with E-state index in [1.807, 2.05) is 0 Å². The Morgan fingerprint density at radius 3 is 2.61 bits per heavy atom. The second kappa shape index (κ2) is 6.26. The molecule has 98 valence electrons. The highest BCUT2D eigenvalue weighted by atomic mass is 19.4. The first-order valence-electron chi connectivity index (χ1n) is 5.10. The van der Waals surface area contributed by atoms with Gasteiger partial charge < -0.3 is 10.5 Å². The van der Waals surface area contributed by atoms with Crippen LogP contribution in [0, 0.1) is 17.7 Å². The number of alkyl halides is 3. The lowest BCUT2D eigenvalue weighted by molar-refractivity contribution is -0.139. The fourth-order valence-electron chi connectivity index (χ4n) is 1.15. The molecule has 0 heterocycles. The zero-order chi connectivity index (χ0) is 13.6. The zero-order valence-corrected chi connectivity index (χ0v) is 9.35. The van der Waals surface area contributed by atoms with Crippen molar-refractivity contribution >= 4 is 0 Å². The lowest BCUT2D eigenvalue weighted by Crippen LogP contribution is -2.13. The van der Waals surface area contributed by atoms with Gasteiger partial charge in [0.05, 0.1) is 25.1 Å². The molecule has 0 aliphatic carbocycles. The molecule has 2 N–H and O–H groups in total. The average molecular weight is 261 g/mol. The number of halogens is 4. The Morgan fingerprint density at radius 1 is 1.28 bits per heavy atom. The molecule has 0 saturated heterocycles. The van der Waals surface area contributed by atoms with Gasteiger partial charge in [-0.3, -0.25) is 0 Å². The molecule has 0 amide bonds. The molecule has 1 aromatic carbocycles. The van der Waals surface area contributed by atoms with Crippen molar-refractivity contribution in [1.82, 2.24) is 0 Å². The second-order valence-corrected chi connectivity index (χ2v) is 3.36. The largest absolute Gasteiger partial charge is 0.492 e. The Kier molecular flexibility index (Phi) is 4.98. The van der Waals surface area contributed by atoms with Crippen molar-refractivity contribution in [2.45, 2.75) is 12.6 Å². The van der Waals surface area contributed by atoms with Crippen molar-refractivity contribution in [2.24, 2.45) is 5.73 Å². The van der Waals surface area contributed by atoms with Gasteiger partial charge in [-0.05, 0) is 18.2 Å². The summed E-state index contributed by atoms with van der Waals surface area (Å²) in [5, 5.41) is 0. The van der Waals surface area contributed by atoms with Gasteiger partial charge in [0, 0.05) is 0 Å². The quantitative estimate of drug-likeness (QED) is 0.670. The maximum atomic E-state index is 13.0. The lowest BCUT2D eigenvalue weighted by atomic mass is 10.2. The van der Waals surface area contributed by atoms with Gasteiger partial charge in [-0.2, -0.15) is 13.2 Å². The third-order valence-electron chi connectivity index (χ3n) is 1.91. The fraction of sp³-hybridized carbons (Fsp3) is 0.333. The minimum Gasteiger partial charge on any atom is -0.492 e. The van der Waals surface area contributed by atoms with Crippen molar-refractivity contribution in [3.8, 4) is 17.6 Å². The summed E-state index contributed by atoms with van der Waals surface area (Å²) in [6.45, 7) is -0.467. The van der Waals surface area contributed by atoms with Gasteiger partial charge in [-0.25, -0.2) is 4.39 Å². The summed E-state index contributed by atoms with van der Waals surface area (Å²) in [4.78, 5) is 0. The lowest BCUT2D eigenvalue weighted by Gasteiger charge is -2.10. The summed E-state index contributed by atoms with van der Waals surface area (Å²) in [6, 6.07) is 3.42. The van der Waals surface area contributed by atoms with Crippen LogP contribution in [0.25, 0.3) is 0 Å². The van der Waals surface area contributed by atoms with E-state index in [0.717, 1.165) is 12.1 Å². The molecule has 1 aromatic rings. The van der Waals surface area contributed by atoms with Crippen molar-refractivity contribution < 1.29 is 22.3 Å². The van der Waals surface area contributed by atoms with Crippen LogP contribution in [0.3, 0.4) is 0 Å². The number of ether oxygens (including phenoxy) is 1. The number of nitrogens with two attached hydrogens (primary N) is 1. The van der Waals surface area contributed by atoms with E-state index in [2.05, 4.69) is 11.8 Å². The fourth-order valence-corrected chi connectivity index (χ4v) is 1.15. The van der Waals surface area contributed by atoms with Crippen LogP contribution in [0.1, 0.15) is 12.0 Å². The molecule has 2 nitrogen and oxygen atoms in total. The van der Waals surface area contributed by atoms with Gasteiger partial charge in [0.1, 0.15) is 11.6 Å². The Labute approximate surface area is 102 Å². The SMILES string of the molecule is NCC#Cc1cc(F)ccc1OCCC(F)(F)F. The molecule has 18 heavy (non-hydrogen) atoms. The normalized spacial score (nSPS) is 10.7. The first-order valence-corrected chi connectivity index (χ1v) is 5.10. The van der Waals surface area contributed by atoms with E-state index in [9.17, 15) is 17.6 Å². The van der Waals surface area contributed by atoms with E-state index < -0.39 is 25.0 Å². The highest BCUT2D eigenvalue weighted by molar-refractivity contribution is 5.46. The van der Waals surface area contributed by atoms with Crippen LogP contribution < -0.4 is 10.5 Å². The summed E-state index contributed by atoms with van der Waals surface area (Å²) >= 11 is 0. The maximum absolute atomic E-state index is 13.0. The van der Waals surface area contributed by atoms with Gasteiger partial charge in [0.2, 0.25) is 0 Å². The molecule has 0 aromatic heterocycles. The van der Waals surface area contributed by atoms with Crippen LogP contribution in [0.5, 0.6) is 5.75 Å². The molecular formula is C12H11F4NO. The van der Waals surface area contributed by atoms with Gasteiger partial charge in [-0.15, -0.1) is 0 Å². The summed E-state index contributed by atoms with van der Waals surface area (Å²) < 4.78 is 53.7. The van der Waals surface area contributed by atoms with Crippen molar-refractivity contribution in [1.29, 1.82) is 0 Å². The van der Waals surface area contributed by atoms with E-state index in [-0.39, 0.29) is 17.9 Å².